The van der Waals surface area contributed by atoms with Crippen LogP contribution in [0, 0.1) is 0 Å². The van der Waals surface area contributed by atoms with Crippen LogP contribution < -0.4 is 11.1 Å². The van der Waals surface area contributed by atoms with Gasteiger partial charge in [0.2, 0.25) is 9.92 Å². The number of halogens is 3. The summed E-state index contributed by atoms with van der Waals surface area (Å²) in [6, 6.07) is 13.2. The molecule has 4 aromatic rings. The topological polar surface area (TPSA) is 118 Å². The van der Waals surface area contributed by atoms with Crippen LogP contribution in [0.1, 0.15) is 13.3 Å². The number of anilines is 2. The van der Waals surface area contributed by atoms with Gasteiger partial charge in [0.05, 0.1) is 16.8 Å². The third kappa shape index (κ3) is 4.71. The molecule has 1 fully saturated rings. The molecule has 1 atom stereocenters. The van der Waals surface area contributed by atoms with E-state index in [2.05, 4.69) is 26.2 Å². The molecule has 0 spiro atoms. The van der Waals surface area contributed by atoms with Crippen molar-refractivity contribution >= 4 is 44.0 Å². The largest absolute Gasteiger partial charge is 0.493 e. The predicted octanol–water partition coefficient (Wildman–Crippen LogP) is 5.64. The van der Waals surface area contributed by atoms with Crippen molar-refractivity contribution in [3.63, 3.8) is 0 Å². The summed E-state index contributed by atoms with van der Waals surface area (Å²) in [5, 5.41) is 3.34. The van der Waals surface area contributed by atoms with Gasteiger partial charge in [-0.1, -0.05) is 30.8 Å². The lowest BCUT2D eigenvalue weighted by Crippen LogP contribution is -2.47. The van der Waals surface area contributed by atoms with E-state index in [1.165, 1.54) is 18.5 Å². The summed E-state index contributed by atoms with van der Waals surface area (Å²) in [7, 11) is -2.79. The van der Waals surface area contributed by atoms with Gasteiger partial charge in [0.15, 0.2) is 0 Å². The maximum atomic E-state index is 13.7. The number of aryl methyl sites for hydroxylation is 1. The van der Waals surface area contributed by atoms with Crippen LogP contribution in [0.2, 0.25) is 0 Å². The highest BCUT2D eigenvalue weighted by Crippen LogP contribution is 2.42. The first-order chi connectivity index (χ1) is 18.9. The number of fused-ring (bicyclic) bond motifs is 1. The molecule has 3 heterocycles. The number of nitrogen functional groups attached to an aromatic ring is 1. The molecule has 1 aliphatic heterocycles. The lowest BCUT2D eigenvalue weighted by atomic mass is 9.98. The van der Waals surface area contributed by atoms with Crippen LogP contribution in [0.3, 0.4) is 0 Å². The summed E-state index contributed by atoms with van der Waals surface area (Å²) >= 11 is 0. The first kappa shape index (κ1) is 27.3. The molecule has 0 radical (unpaired) electrons. The second-order valence-corrected chi connectivity index (χ2v) is 11.6. The molecule has 13 heteroatoms. The quantitative estimate of drug-likeness (QED) is 0.292. The summed E-state index contributed by atoms with van der Waals surface area (Å²) in [5.41, 5.74) is 5.54. The smallest absolute Gasteiger partial charge is 0.383 e. The fraction of sp³-hybridized carbons (Fsp3) is 0.222. The fourth-order valence-electron chi connectivity index (χ4n) is 4.47. The number of benzene rings is 2. The lowest BCUT2D eigenvalue weighted by Gasteiger charge is -2.33. The maximum Gasteiger partial charge on any atom is 0.493 e. The van der Waals surface area contributed by atoms with Gasteiger partial charge in [-0.05, 0) is 48.7 Å². The summed E-state index contributed by atoms with van der Waals surface area (Å²) in [4.78, 5) is 20.5. The Morgan fingerprint density at radius 1 is 1.07 bits per heavy atom. The van der Waals surface area contributed by atoms with E-state index in [0.717, 1.165) is 15.6 Å². The second kappa shape index (κ2) is 10.1. The summed E-state index contributed by atoms with van der Waals surface area (Å²) in [6.07, 6.45) is 1.89. The van der Waals surface area contributed by atoms with Gasteiger partial charge in [0, 0.05) is 37.0 Å². The van der Waals surface area contributed by atoms with E-state index in [0.29, 0.717) is 39.8 Å². The van der Waals surface area contributed by atoms with Crippen molar-refractivity contribution in [2.45, 2.75) is 18.9 Å². The Hall–Kier alpha value is -4.23. The van der Waals surface area contributed by atoms with E-state index in [-0.39, 0.29) is 30.5 Å². The molecule has 0 saturated carbocycles. The summed E-state index contributed by atoms with van der Waals surface area (Å²) in [5.74, 6) is -0.0611. The fourth-order valence-corrected chi connectivity index (χ4v) is 6.14. The van der Waals surface area contributed by atoms with Crippen LogP contribution in [0.4, 0.5) is 30.4 Å². The number of aromatic nitrogens is 3. The van der Waals surface area contributed by atoms with Crippen LogP contribution in [0.25, 0.3) is 33.4 Å². The first-order valence-corrected chi connectivity index (χ1v) is 13.7. The molecule has 3 N–H and O–H groups in total. The van der Waals surface area contributed by atoms with Gasteiger partial charge in [0.1, 0.15) is 17.8 Å². The van der Waals surface area contributed by atoms with E-state index < -0.39 is 15.4 Å². The normalized spacial score (nSPS) is 15.3. The van der Waals surface area contributed by atoms with E-state index in [1.807, 2.05) is 23.7 Å². The molecule has 9 nitrogen and oxygen atoms in total. The third-order valence-electron chi connectivity index (χ3n) is 6.65. The molecule has 1 aliphatic rings. The number of alkyl halides is 3. The monoisotopic (exact) mass is 569 g/mol. The molecule has 2 aromatic heterocycles. The zero-order valence-electron chi connectivity index (χ0n) is 21.7. The van der Waals surface area contributed by atoms with Gasteiger partial charge >= 0.3 is 5.51 Å². The summed E-state index contributed by atoms with van der Waals surface area (Å²) in [6.45, 7) is 5.41. The molecular weight excluding hydrogens is 543 g/mol. The van der Waals surface area contributed by atoms with Crippen molar-refractivity contribution in [1.82, 2.24) is 18.8 Å². The highest BCUT2D eigenvalue weighted by Gasteiger charge is 2.49. The number of nitrogens with zero attached hydrogens (tertiary/aromatic N) is 5. The van der Waals surface area contributed by atoms with E-state index >= 15 is 0 Å². The van der Waals surface area contributed by atoms with Crippen molar-refractivity contribution in [3.05, 3.63) is 67.0 Å². The second-order valence-electron chi connectivity index (χ2n) is 9.42. The van der Waals surface area contributed by atoms with Crippen LogP contribution in [-0.4, -0.2) is 47.6 Å². The molecule has 5 rings (SSSR count). The molecule has 40 heavy (non-hydrogen) atoms. The number of carbonyl (C=O) groups excluding carboxylic acids is 1. The van der Waals surface area contributed by atoms with E-state index in [9.17, 15) is 22.2 Å². The number of nitrogens with two attached hydrogens (primary N) is 1. The first-order valence-electron chi connectivity index (χ1n) is 12.3. The maximum absolute atomic E-state index is 13.7. The average Bonchev–Trinajstić information content (AvgIpc) is 3.16. The van der Waals surface area contributed by atoms with Crippen LogP contribution in [0.15, 0.2) is 71.4 Å². The Balaban J connectivity index is 1.62. The van der Waals surface area contributed by atoms with Crippen molar-refractivity contribution in [2.75, 3.05) is 24.1 Å². The number of carbonyl (C=O) groups is 1. The van der Waals surface area contributed by atoms with Crippen LogP contribution in [0.5, 0.6) is 0 Å². The van der Waals surface area contributed by atoms with Gasteiger partial charge in [-0.2, -0.15) is 17.5 Å². The molecular formula is C27H26F3N7O2S. The van der Waals surface area contributed by atoms with Gasteiger partial charge in [-0.25, -0.2) is 18.5 Å². The van der Waals surface area contributed by atoms with Gasteiger partial charge in [0.25, 0.3) is 5.91 Å². The molecule has 0 aliphatic carbocycles. The number of nitrogens with one attached hydrogen (secondary N) is 1. The van der Waals surface area contributed by atoms with Gasteiger partial charge in [-0.15, -0.1) is 0 Å². The Bertz CT molecular complexity index is 1750. The van der Waals surface area contributed by atoms with Gasteiger partial charge < -0.3 is 15.6 Å². The lowest BCUT2D eigenvalue weighted by molar-refractivity contribution is -0.112. The number of hydrogen-bond acceptors (Lipinski definition) is 6. The highest BCUT2D eigenvalue weighted by molar-refractivity contribution is 7.92. The van der Waals surface area contributed by atoms with Crippen molar-refractivity contribution in [1.29, 1.82) is 0 Å². The zero-order valence-corrected chi connectivity index (χ0v) is 22.5. The Kier molecular flexibility index (Phi) is 6.88. The Morgan fingerprint density at radius 2 is 1.70 bits per heavy atom. The molecule has 1 unspecified atom stereocenters. The van der Waals surface area contributed by atoms with Crippen molar-refractivity contribution in [2.24, 2.45) is 11.4 Å². The molecule has 1 amide bonds. The molecule has 0 bridgehead atoms. The number of amides is 1. The molecule has 1 saturated heterocycles. The minimum atomic E-state index is -4.99. The van der Waals surface area contributed by atoms with E-state index in [4.69, 9.17) is 5.73 Å². The van der Waals surface area contributed by atoms with E-state index in [1.54, 1.807) is 31.2 Å². The molecule has 208 valence electrons. The Morgan fingerprint density at radius 3 is 2.25 bits per heavy atom. The Labute approximate surface area is 228 Å². The third-order valence-corrected chi connectivity index (χ3v) is 8.78. The predicted molar refractivity (Wildman–Crippen MR) is 150 cm³/mol. The average molecular weight is 570 g/mol. The van der Waals surface area contributed by atoms with Crippen LogP contribution >= 0.6 is 0 Å². The highest BCUT2D eigenvalue weighted by atomic mass is 32.2. The standard InChI is InChI=1S/C27H26F3N7O2S/c1-16(2)26(38)34-19-9-7-18(8-10-19)23-21(22-24(31)32-15-33-25(22)36(23)3)17-5-11-20(12-6-17)35-40(39,27(28,29)30)37-13-4-14-37/h5-12,15H,1,4,13-14H2,2-3H3,(H,34,38)(H2,31,32,33). The van der Waals surface area contributed by atoms with Crippen molar-refractivity contribution < 1.29 is 22.2 Å². The van der Waals surface area contributed by atoms with Crippen LogP contribution in [-0.2, 0) is 21.8 Å². The SMILES string of the molecule is C=C(C)C(=O)Nc1ccc(-c2c(-c3ccc(N=S(=O)(N4CCC4)C(F)(F)F)cc3)c3c(N)ncnc3n2C)cc1. The van der Waals surface area contributed by atoms with Crippen molar-refractivity contribution in [3.8, 4) is 22.4 Å². The number of rotatable bonds is 6. The minimum Gasteiger partial charge on any atom is -0.383 e. The number of hydrogen-bond donors (Lipinski definition) is 2. The zero-order chi connectivity index (χ0) is 28.8. The minimum absolute atomic E-state index is 0.0541. The summed E-state index contributed by atoms with van der Waals surface area (Å²) < 4.78 is 60.5. The van der Waals surface area contributed by atoms with Gasteiger partial charge in [-0.3, -0.25) is 4.79 Å². The molecule has 2 aromatic carbocycles.